The summed E-state index contributed by atoms with van der Waals surface area (Å²) in [4.78, 5) is 29.0. The number of aromatic nitrogens is 2. The molecule has 1 unspecified atom stereocenters. The highest BCUT2D eigenvalue weighted by Crippen LogP contribution is 2.49. The summed E-state index contributed by atoms with van der Waals surface area (Å²) in [5.74, 6) is -1.26. The Morgan fingerprint density at radius 2 is 1.68 bits per heavy atom. The quantitative estimate of drug-likeness (QED) is 0.230. The van der Waals surface area contributed by atoms with Gasteiger partial charge >= 0.3 is 18.5 Å². The molecule has 1 aromatic heterocycles. The number of benzene rings is 1. The van der Waals surface area contributed by atoms with Gasteiger partial charge in [-0.25, -0.2) is 0 Å². The SMILES string of the molecule is Cc1ccc(C2=NOC(c3cc(C(F)(F)F)nn3C)(C(F)(F)F)C2)cc1C(=O)CCCCC(=O)NCC(F)(F)F. The molecular formula is C24H23F9N4O3. The molecule has 0 aliphatic carbocycles. The van der Waals surface area contributed by atoms with E-state index in [1.165, 1.54) is 18.2 Å². The largest absolute Gasteiger partial charge is 0.437 e. The van der Waals surface area contributed by atoms with Gasteiger partial charge in [-0.05, 0) is 37.5 Å². The lowest BCUT2D eigenvalue weighted by molar-refractivity contribution is -0.278. The van der Waals surface area contributed by atoms with Crippen LogP contribution in [-0.2, 0) is 28.5 Å². The number of oxime groups is 1. The number of hydrogen-bond acceptors (Lipinski definition) is 5. The van der Waals surface area contributed by atoms with Gasteiger partial charge in [0.25, 0.3) is 5.60 Å². The van der Waals surface area contributed by atoms with E-state index >= 15 is 0 Å². The van der Waals surface area contributed by atoms with Gasteiger partial charge in [-0.3, -0.25) is 14.3 Å². The summed E-state index contributed by atoms with van der Waals surface area (Å²) in [6.07, 6.45) is -15.8. The van der Waals surface area contributed by atoms with E-state index in [0.29, 0.717) is 10.2 Å². The number of carbonyl (C=O) groups is 2. The first-order chi connectivity index (χ1) is 18.3. The first kappa shape index (κ1) is 30.9. The summed E-state index contributed by atoms with van der Waals surface area (Å²) in [6.45, 7) is 0.104. The van der Waals surface area contributed by atoms with E-state index in [2.05, 4.69) is 10.3 Å². The van der Waals surface area contributed by atoms with Gasteiger partial charge in [-0.2, -0.15) is 44.6 Å². The van der Waals surface area contributed by atoms with Gasteiger partial charge in [-0.15, -0.1) is 0 Å². The van der Waals surface area contributed by atoms with E-state index in [9.17, 15) is 49.1 Å². The number of rotatable bonds is 9. The van der Waals surface area contributed by atoms with Crippen LogP contribution in [0.15, 0.2) is 29.4 Å². The molecular weight excluding hydrogens is 563 g/mol. The molecule has 2 heterocycles. The number of ketones is 1. The molecule has 1 amide bonds. The molecule has 7 nitrogen and oxygen atoms in total. The van der Waals surface area contributed by atoms with Crippen LogP contribution in [0.4, 0.5) is 39.5 Å². The van der Waals surface area contributed by atoms with Crippen LogP contribution >= 0.6 is 0 Å². The molecule has 1 aromatic carbocycles. The van der Waals surface area contributed by atoms with Crippen LogP contribution in [-0.4, -0.2) is 46.1 Å². The smallest absolute Gasteiger partial charge is 0.372 e. The zero-order valence-corrected chi connectivity index (χ0v) is 21.0. The molecule has 0 spiro atoms. The molecule has 0 radical (unpaired) electrons. The van der Waals surface area contributed by atoms with Crippen LogP contribution in [0.1, 0.15) is 65.0 Å². The number of nitrogens with zero attached hydrogens (tertiary/aromatic N) is 3. The van der Waals surface area contributed by atoms with Gasteiger partial charge in [0.05, 0.1) is 17.8 Å². The number of alkyl halides is 9. The molecule has 0 bridgehead atoms. The number of amides is 1. The van der Waals surface area contributed by atoms with Crippen molar-refractivity contribution >= 4 is 17.4 Å². The Morgan fingerprint density at radius 3 is 2.25 bits per heavy atom. The second-order valence-electron chi connectivity index (χ2n) is 9.22. The third-order valence-electron chi connectivity index (χ3n) is 6.18. The van der Waals surface area contributed by atoms with E-state index in [0.717, 1.165) is 7.05 Å². The summed E-state index contributed by atoms with van der Waals surface area (Å²) in [6, 6.07) is 4.37. The predicted octanol–water partition coefficient (Wildman–Crippen LogP) is 5.75. The van der Waals surface area contributed by atoms with E-state index < -0.39 is 60.2 Å². The fourth-order valence-corrected chi connectivity index (χ4v) is 4.10. The Balaban J connectivity index is 1.73. The number of nitrogens with one attached hydrogen (secondary N) is 1. The van der Waals surface area contributed by atoms with Crippen molar-refractivity contribution in [1.82, 2.24) is 15.1 Å². The molecule has 1 aliphatic rings. The zero-order chi connectivity index (χ0) is 30.1. The molecule has 0 fully saturated rings. The van der Waals surface area contributed by atoms with E-state index in [-0.39, 0.29) is 48.6 Å². The maximum Gasteiger partial charge on any atom is 0.437 e. The first-order valence-corrected chi connectivity index (χ1v) is 11.8. The Labute approximate surface area is 221 Å². The van der Waals surface area contributed by atoms with Crippen LogP contribution in [0.2, 0.25) is 0 Å². The molecule has 0 saturated carbocycles. The van der Waals surface area contributed by atoms with Crippen molar-refractivity contribution in [2.24, 2.45) is 12.2 Å². The molecule has 1 aliphatic heterocycles. The van der Waals surface area contributed by atoms with Gasteiger partial charge in [-0.1, -0.05) is 17.3 Å². The Bertz CT molecular complexity index is 1300. The molecule has 2 aromatic rings. The summed E-state index contributed by atoms with van der Waals surface area (Å²) in [5, 5.41) is 8.37. The van der Waals surface area contributed by atoms with Crippen molar-refractivity contribution in [3.8, 4) is 0 Å². The van der Waals surface area contributed by atoms with Crippen LogP contribution < -0.4 is 5.32 Å². The molecule has 0 saturated heterocycles. The molecule has 1 atom stereocenters. The average molecular weight is 586 g/mol. The van der Waals surface area contributed by atoms with Gasteiger partial charge in [0.1, 0.15) is 6.54 Å². The monoisotopic (exact) mass is 586 g/mol. The highest BCUT2D eigenvalue weighted by Gasteiger charge is 2.64. The van der Waals surface area contributed by atoms with Crippen LogP contribution in [0, 0.1) is 6.92 Å². The van der Waals surface area contributed by atoms with Crippen molar-refractivity contribution in [3.05, 3.63) is 52.3 Å². The van der Waals surface area contributed by atoms with E-state index in [1.807, 2.05) is 0 Å². The number of aryl methyl sites for hydroxylation is 2. The van der Waals surface area contributed by atoms with E-state index in [4.69, 9.17) is 4.84 Å². The standard InChI is InChI=1S/C24H23F9N4O3/c1-13-7-8-14(9-15(13)17(38)5-3-4-6-20(39)34-12-22(25,26)27)16-11-21(40-36-16,24(31,32)33)19-10-18(23(28,29)30)35-37(19)2/h7-10H,3-6,11-12H2,1-2H3,(H,34,39). The van der Waals surface area contributed by atoms with Gasteiger partial charge in [0.15, 0.2) is 11.5 Å². The van der Waals surface area contributed by atoms with E-state index in [1.54, 1.807) is 12.2 Å². The van der Waals surface area contributed by atoms with Crippen LogP contribution in [0.3, 0.4) is 0 Å². The zero-order valence-electron chi connectivity index (χ0n) is 21.0. The minimum Gasteiger partial charge on any atom is -0.372 e. The van der Waals surface area contributed by atoms with Crippen LogP contribution in [0.25, 0.3) is 0 Å². The molecule has 3 rings (SSSR count). The second kappa shape index (κ2) is 11.1. The molecule has 1 N–H and O–H groups in total. The fourth-order valence-electron chi connectivity index (χ4n) is 4.10. The van der Waals surface area contributed by atoms with Crippen molar-refractivity contribution in [2.45, 2.75) is 63.2 Å². The number of carbonyl (C=O) groups excluding carboxylic acids is 2. The highest BCUT2D eigenvalue weighted by atomic mass is 19.4. The first-order valence-electron chi connectivity index (χ1n) is 11.8. The topological polar surface area (TPSA) is 85.6 Å². The summed E-state index contributed by atoms with van der Waals surface area (Å²) in [5.41, 5.74) is -5.28. The minimum atomic E-state index is -5.19. The second-order valence-corrected chi connectivity index (χ2v) is 9.22. The van der Waals surface area contributed by atoms with Gasteiger partial charge in [0.2, 0.25) is 5.91 Å². The fraction of sp³-hybridized carbons (Fsp3) is 0.500. The predicted molar refractivity (Wildman–Crippen MR) is 121 cm³/mol. The Kier molecular flexibility index (Phi) is 8.60. The average Bonchev–Trinajstić information content (AvgIpc) is 3.45. The lowest BCUT2D eigenvalue weighted by Gasteiger charge is -2.28. The molecule has 16 heteroatoms. The maximum absolute atomic E-state index is 14.2. The van der Waals surface area contributed by atoms with Crippen molar-refractivity contribution < 1.29 is 53.9 Å². The van der Waals surface area contributed by atoms with Crippen molar-refractivity contribution in [3.63, 3.8) is 0 Å². The highest BCUT2D eigenvalue weighted by molar-refractivity contribution is 6.05. The number of hydrogen-bond donors (Lipinski definition) is 1. The van der Waals surface area contributed by atoms with Gasteiger partial charge in [0, 0.05) is 31.0 Å². The minimum absolute atomic E-state index is 0.0739. The van der Waals surface area contributed by atoms with Crippen molar-refractivity contribution in [2.75, 3.05) is 6.54 Å². The van der Waals surface area contributed by atoms with Crippen molar-refractivity contribution in [1.29, 1.82) is 0 Å². The summed E-state index contributed by atoms with van der Waals surface area (Å²) < 4.78 is 119. The number of halogens is 9. The molecule has 220 valence electrons. The normalized spacial score (nSPS) is 17.9. The van der Waals surface area contributed by atoms with Crippen LogP contribution in [0.5, 0.6) is 0 Å². The summed E-state index contributed by atoms with van der Waals surface area (Å²) in [7, 11) is 0.919. The summed E-state index contributed by atoms with van der Waals surface area (Å²) >= 11 is 0. The lowest BCUT2D eigenvalue weighted by Crippen LogP contribution is -2.44. The lowest BCUT2D eigenvalue weighted by atomic mass is 9.88. The maximum atomic E-state index is 14.2. The third-order valence-corrected chi connectivity index (χ3v) is 6.18. The Morgan fingerprint density at radius 1 is 1.02 bits per heavy atom. The number of unbranched alkanes of at least 4 members (excludes halogenated alkanes) is 1. The third kappa shape index (κ3) is 6.94. The Hall–Kier alpha value is -3.59. The number of Topliss-reactive ketones (excluding diaryl/α,β-unsaturated/α-hetero) is 1. The molecule has 40 heavy (non-hydrogen) atoms. The van der Waals surface area contributed by atoms with Gasteiger partial charge < -0.3 is 10.2 Å².